The first kappa shape index (κ1) is 54.4. The van der Waals surface area contributed by atoms with Gasteiger partial charge in [-0.2, -0.15) is 0 Å². The Labute approximate surface area is 359 Å². The molecule has 1 aliphatic heterocycles. The molecule has 1 aliphatic rings. The van der Waals surface area contributed by atoms with Crippen LogP contribution in [0.1, 0.15) is 155 Å². The SMILES string of the molecule is CC/C=C\CC1OC1C/C=C\C/C=C\C/C=C\C/C=C\CCC(=O)OC[C@H](COP(=O)(O)OCC[N+](C)(C)C)OC(=O)CCCCCCC/C=C\CCCCCCCC. The van der Waals surface area contributed by atoms with Gasteiger partial charge in [-0.15, -0.1) is 0 Å². The first-order chi connectivity index (χ1) is 28.5. The average Bonchev–Trinajstić information content (AvgIpc) is 3.94. The van der Waals surface area contributed by atoms with Gasteiger partial charge in [0.25, 0.3) is 0 Å². The molecule has 1 fully saturated rings. The maximum Gasteiger partial charge on any atom is 0.472 e. The lowest BCUT2D eigenvalue weighted by atomic mass is 10.1. The van der Waals surface area contributed by atoms with E-state index in [2.05, 4.69) is 74.6 Å². The standard InChI is InChI=1S/C48H82NO9P/c1-6-8-10-11-12-13-14-15-16-17-22-25-28-31-35-39-48(51)57-44(43-56-59(52,53)55-41-40-49(3,4)5)42-54-47(50)38-34-30-27-24-21-19-18-20-23-26-29-33-37-46-45(58-46)36-32-9-7-2/h9,15-16,19-21,23,27,29-30,32-33,44-46H,6-8,10-14,17-18,22,24-26,28,31,34-43H2,1-5H3/p+1/b16-15-,21-19-,23-20-,30-27-,32-9-,33-29-/t44-,45?,46?/m1/s1. The topological polar surface area (TPSA) is 121 Å². The van der Waals surface area contributed by atoms with Crippen molar-refractivity contribution >= 4 is 19.8 Å². The van der Waals surface area contributed by atoms with Crippen LogP contribution >= 0.6 is 7.82 Å². The van der Waals surface area contributed by atoms with E-state index in [1.54, 1.807) is 0 Å². The second-order valence-electron chi connectivity index (χ2n) is 16.4. The number of phosphoric ester groups is 1. The minimum Gasteiger partial charge on any atom is -0.462 e. The van der Waals surface area contributed by atoms with Crippen LogP contribution in [0, 0.1) is 0 Å². The molecule has 338 valence electrons. The molecule has 0 spiro atoms. The van der Waals surface area contributed by atoms with Crippen molar-refractivity contribution in [1.82, 2.24) is 0 Å². The Bertz CT molecular complexity index is 1300. The molecule has 0 saturated carbocycles. The van der Waals surface area contributed by atoms with E-state index in [-0.39, 0.29) is 26.1 Å². The Morgan fingerprint density at radius 2 is 1.15 bits per heavy atom. The van der Waals surface area contributed by atoms with Crippen LogP contribution in [0.25, 0.3) is 0 Å². The molecule has 1 rings (SSSR count). The van der Waals surface area contributed by atoms with Crippen molar-refractivity contribution in [3.63, 3.8) is 0 Å². The third-order valence-electron chi connectivity index (χ3n) is 9.64. The monoisotopic (exact) mass is 849 g/mol. The molecule has 3 unspecified atom stereocenters. The summed E-state index contributed by atoms with van der Waals surface area (Å²) < 4.78 is 39.9. The minimum absolute atomic E-state index is 0.0137. The van der Waals surface area contributed by atoms with E-state index < -0.39 is 32.5 Å². The van der Waals surface area contributed by atoms with Gasteiger partial charge in [-0.3, -0.25) is 18.6 Å². The molecular weight excluding hydrogens is 765 g/mol. The number of carbonyl (C=O) groups is 2. The molecule has 0 aromatic carbocycles. The molecular formula is C48H83NO9P+. The molecule has 10 nitrogen and oxygen atoms in total. The molecule has 1 saturated heterocycles. The fourth-order valence-electron chi connectivity index (χ4n) is 5.96. The van der Waals surface area contributed by atoms with E-state index in [9.17, 15) is 19.0 Å². The number of phosphoric acid groups is 1. The highest BCUT2D eigenvalue weighted by Crippen LogP contribution is 2.43. The van der Waals surface area contributed by atoms with Crippen molar-refractivity contribution in [1.29, 1.82) is 0 Å². The number of esters is 2. The summed E-state index contributed by atoms with van der Waals surface area (Å²) in [5.41, 5.74) is 0. The van der Waals surface area contributed by atoms with Crippen LogP contribution < -0.4 is 0 Å². The van der Waals surface area contributed by atoms with Gasteiger partial charge in [0.15, 0.2) is 6.10 Å². The Kier molecular flexibility index (Phi) is 33.3. The molecule has 1 heterocycles. The Hall–Kier alpha value is -2.59. The van der Waals surface area contributed by atoms with Gasteiger partial charge in [-0.05, 0) is 77.0 Å². The van der Waals surface area contributed by atoms with Crippen molar-refractivity contribution < 1.29 is 46.8 Å². The van der Waals surface area contributed by atoms with E-state index in [4.69, 9.17) is 23.3 Å². The predicted molar refractivity (Wildman–Crippen MR) is 242 cm³/mol. The predicted octanol–water partition coefficient (Wildman–Crippen LogP) is 12.0. The third-order valence-corrected chi connectivity index (χ3v) is 10.6. The fourth-order valence-corrected chi connectivity index (χ4v) is 6.70. The smallest absolute Gasteiger partial charge is 0.462 e. The highest BCUT2D eigenvalue weighted by atomic mass is 31.2. The van der Waals surface area contributed by atoms with Gasteiger partial charge < -0.3 is 23.6 Å². The molecule has 1 N–H and O–H groups in total. The zero-order valence-electron chi connectivity index (χ0n) is 37.7. The number of ether oxygens (including phenoxy) is 3. The summed E-state index contributed by atoms with van der Waals surface area (Å²) in [6, 6.07) is 0. The van der Waals surface area contributed by atoms with Gasteiger partial charge in [0.05, 0.1) is 40.0 Å². The number of rotatable bonds is 39. The van der Waals surface area contributed by atoms with Crippen LogP contribution in [-0.2, 0) is 37.4 Å². The van der Waals surface area contributed by atoms with Crippen LogP contribution in [0.4, 0.5) is 0 Å². The summed E-state index contributed by atoms with van der Waals surface area (Å²) in [4.78, 5) is 35.4. The summed E-state index contributed by atoms with van der Waals surface area (Å²) in [5, 5.41) is 0. The van der Waals surface area contributed by atoms with E-state index in [0.29, 0.717) is 36.1 Å². The quantitative estimate of drug-likeness (QED) is 0.0161. The van der Waals surface area contributed by atoms with Crippen molar-refractivity contribution in [3.05, 3.63) is 72.9 Å². The number of hydrogen-bond acceptors (Lipinski definition) is 8. The molecule has 0 bridgehead atoms. The second-order valence-corrected chi connectivity index (χ2v) is 17.9. The summed E-state index contributed by atoms with van der Waals surface area (Å²) in [6.07, 6.45) is 47.2. The largest absolute Gasteiger partial charge is 0.472 e. The van der Waals surface area contributed by atoms with Crippen molar-refractivity contribution in [3.8, 4) is 0 Å². The number of hydrogen-bond donors (Lipinski definition) is 1. The molecule has 0 radical (unpaired) electrons. The summed E-state index contributed by atoms with van der Waals surface area (Å²) in [7, 11) is 1.42. The number of unbranched alkanes of at least 4 members (excludes halogenated alkanes) is 11. The van der Waals surface area contributed by atoms with Crippen LogP contribution in [0.15, 0.2) is 72.9 Å². The van der Waals surface area contributed by atoms with Crippen molar-refractivity contribution in [2.75, 3.05) is 47.5 Å². The molecule has 0 aliphatic carbocycles. The highest BCUT2D eigenvalue weighted by molar-refractivity contribution is 7.47. The second kappa shape index (κ2) is 36.1. The third kappa shape index (κ3) is 36.9. The van der Waals surface area contributed by atoms with E-state index in [0.717, 1.165) is 70.6 Å². The zero-order valence-corrected chi connectivity index (χ0v) is 38.5. The number of nitrogens with zero attached hydrogens (tertiary/aromatic N) is 1. The van der Waals surface area contributed by atoms with Crippen LogP contribution in [0.2, 0.25) is 0 Å². The van der Waals surface area contributed by atoms with Crippen molar-refractivity contribution in [2.24, 2.45) is 0 Å². The van der Waals surface area contributed by atoms with E-state index in [1.165, 1.54) is 44.9 Å². The maximum atomic E-state index is 12.7. The Morgan fingerprint density at radius 3 is 1.75 bits per heavy atom. The molecule has 11 heteroatoms. The van der Waals surface area contributed by atoms with Gasteiger partial charge in [0, 0.05) is 12.8 Å². The number of allylic oxidation sites excluding steroid dienone is 10. The molecule has 59 heavy (non-hydrogen) atoms. The fraction of sp³-hybridized carbons (Fsp3) is 0.708. The van der Waals surface area contributed by atoms with Gasteiger partial charge in [0.1, 0.15) is 19.8 Å². The van der Waals surface area contributed by atoms with E-state index >= 15 is 0 Å². The zero-order chi connectivity index (χ0) is 43.3. The first-order valence-corrected chi connectivity index (χ1v) is 24.3. The van der Waals surface area contributed by atoms with Gasteiger partial charge in [-0.1, -0.05) is 138 Å². The molecule has 0 aromatic heterocycles. The van der Waals surface area contributed by atoms with Gasteiger partial charge >= 0.3 is 19.8 Å². The lowest BCUT2D eigenvalue weighted by Gasteiger charge is -2.24. The maximum absolute atomic E-state index is 12.7. The summed E-state index contributed by atoms with van der Waals surface area (Å²) in [6.45, 7) is 4.18. The van der Waals surface area contributed by atoms with E-state index in [1.807, 2.05) is 33.3 Å². The molecule has 0 amide bonds. The van der Waals surface area contributed by atoms with Crippen LogP contribution in [0.3, 0.4) is 0 Å². The number of likely N-dealkylation sites (N-methyl/N-ethyl adjacent to an activating group) is 1. The Morgan fingerprint density at radius 1 is 0.627 bits per heavy atom. The number of carbonyl (C=O) groups excluding carboxylic acids is 2. The highest BCUT2D eigenvalue weighted by Gasteiger charge is 2.36. The number of quaternary nitrogens is 1. The lowest BCUT2D eigenvalue weighted by molar-refractivity contribution is -0.870. The molecule has 0 aromatic rings. The summed E-state index contributed by atoms with van der Waals surface area (Å²) in [5.74, 6) is -0.916. The van der Waals surface area contributed by atoms with Gasteiger partial charge in [-0.25, -0.2) is 4.57 Å². The minimum atomic E-state index is -4.40. The normalized spacial score (nSPS) is 17.7. The van der Waals surface area contributed by atoms with Crippen LogP contribution in [-0.4, -0.2) is 87.1 Å². The lowest BCUT2D eigenvalue weighted by Crippen LogP contribution is -2.37. The average molecular weight is 849 g/mol. The van der Waals surface area contributed by atoms with Crippen LogP contribution in [0.5, 0.6) is 0 Å². The number of epoxide rings is 1. The van der Waals surface area contributed by atoms with Crippen molar-refractivity contribution in [2.45, 2.75) is 173 Å². The molecule has 4 atom stereocenters. The summed E-state index contributed by atoms with van der Waals surface area (Å²) >= 11 is 0. The van der Waals surface area contributed by atoms with Gasteiger partial charge in [0.2, 0.25) is 0 Å². The Balaban J connectivity index is 2.32. The first-order valence-electron chi connectivity index (χ1n) is 22.8.